The molecule has 9 nitrogen and oxygen atoms in total. The maximum atomic E-state index is 12.1. The number of aromatic amines is 2. The van der Waals surface area contributed by atoms with Crippen LogP contribution in [0.1, 0.15) is 25.2 Å². The number of nitrogens with one attached hydrogen (secondary N) is 3. The van der Waals surface area contributed by atoms with E-state index in [-0.39, 0.29) is 5.56 Å². The lowest BCUT2D eigenvalue weighted by Crippen LogP contribution is -2.39. The second kappa shape index (κ2) is 7.88. The quantitative estimate of drug-likeness (QED) is 0.560. The predicted molar refractivity (Wildman–Crippen MR) is 111 cm³/mol. The number of likely N-dealkylation sites (N-methyl/N-ethyl adjacent to an activating group) is 1. The summed E-state index contributed by atoms with van der Waals surface area (Å²) in [5, 5.41) is 8.68. The number of hydrogen-bond acceptors (Lipinski definition) is 7. The first-order valence-corrected chi connectivity index (χ1v) is 9.45. The molecule has 9 heteroatoms. The third kappa shape index (κ3) is 3.77. The maximum Gasteiger partial charge on any atom is 0.273 e. The van der Waals surface area contributed by atoms with Gasteiger partial charge in [0, 0.05) is 55.2 Å². The largest absolute Gasteiger partial charge is 0.314 e. The van der Waals surface area contributed by atoms with Crippen molar-refractivity contribution < 1.29 is 0 Å². The van der Waals surface area contributed by atoms with Gasteiger partial charge in [0.15, 0.2) is 0 Å². The molecule has 3 N–H and O–H groups in total. The Kier molecular flexibility index (Phi) is 5.13. The second-order valence-electron chi connectivity index (χ2n) is 6.91. The minimum atomic E-state index is -0.555. The molecule has 0 aromatic carbocycles. The van der Waals surface area contributed by atoms with Gasteiger partial charge in [-0.1, -0.05) is 6.92 Å². The Hall–Kier alpha value is -3.46. The molecule has 1 aliphatic heterocycles. The number of aromatic nitrogens is 6. The van der Waals surface area contributed by atoms with Crippen LogP contribution in [0.3, 0.4) is 0 Å². The second-order valence-corrected chi connectivity index (χ2v) is 6.91. The van der Waals surface area contributed by atoms with Gasteiger partial charge in [0.25, 0.3) is 5.56 Å². The summed E-state index contributed by atoms with van der Waals surface area (Å²) in [7, 11) is 0. The molecule has 0 saturated carbocycles. The molecule has 0 radical (unpaired) electrons. The van der Waals surface area contributed by atoms with Gasteiger partial charge in [-0.3, -0.25) is 34.8 Å². The molecular weight excluding hydrogens is 368 g/mol. The van der Waals surface area contributed by atoms with E-state index in [2.05, 4.69) is 48.4 Å². The van der Waals surface area contributed by atoms with Gasteiger partial charge >= 0.3 is 0 Å². The Morgan fingerprint density at radius 1 is 1.14 bits per heavy atom. The van der Waals surface area contributed by atoms with Crippen molar-refractivity contribution >= 4 is 11.3 Å². The Bertz CT molecular complexity index is 1110. The molecule has 0 amide bonds. The average molecular weight is 390 g/mol. The predicted octanol–water partition coefficient (Wildman–Crippen LogP) is 1.40. The monoisotopic (exact) mass is 390 g/mol. The molecule has 1 aliphatic rings. The first-order chi connectivity index (χ1) is 14.1. The van der Waals surface area contributed by atoms with E-state index in [4.69, 9.17) is 4.99 Å². The zero-order valence-electron chi connectivity index (χ0n) is 16.3. The molecule has 1 unspecified atom stereocenters. The van der Waals surface area contributed by atoms with Crippen LogP contribution >= 0.6 is 0 Å². The molecule has 0 bridgehead atoms. The van der Waals surface area contributed by atoms with Crippen molar-refractivity contribution in [2.24, 2.45) is 4.99 Å². The Morgan fingerprint density at radius 3 is 2.69 bits per heavy atom. The summed E-state index contributed by atoms with van der Waals surface area (Å²) < 4.78 is 0. The lowest BCUT2D eigenvalue weighted by molar-refractivity contribution is 0.485. The van der Waals surface area contributed by atoms with Crippen LogP contribution < -0.4 is 10.9 Å². The molecule has 0 saturated heterocycles. The van der Waals surface area contributed by atoms with E-state index in [1.807, 2.05) is 6.92 Å². The van der Waals surface area contributed by atoms with Crippen molar-refractivity contribution in [2.45, 2.75) is 25.8 Å². The summed E-state index contributed by atoms with van der Waals surface area (Å²) >= 11 is 0. The van der Waals surface area contributed by atoms with E-state index < -0.39 is 5.54 Å². The van der Waals surface area contributed by atoms with Crippen LogP contribution in [0.25, 0.3) is 16.8 Å². The van der Waals surface area contributed by atoms with Gasteiger partial charge < -0.3 is 10.4 Å². The number of rotatable bonds is 7. The molecule has 3 aromatic rings. The summed E-state index contributed by atoms with van der Waals surface area (Å²) in [4.78, 5) is 34.7. The van der Waals surface area contributed by atoms with Crippen molar-refractivity contribution in [1.29, 1.82) is 0 Å². The third-order valence-electron chi connectivity index (χ3n) is 4.86. The van der Waals surface area contributed by atoms with Crippen molar-refractivity contribution in [3.8, 4) is 11.3 Å². The van der Waals surface area contributed by atoms with Crippen molar-refractivity contribution in [3.05, 3.63) is 65.0 Å². The molecule has 148 valence electrons. The van der Waals surface area contributed by atoms with E-state index in [1.54, 1.807) is 37.2 Å². The number of nitrogens with zero attached hydrogens (tertiary/aromatic N) is 5. The van der Waals surface area contributed by atoms with Gasteiger partial charge in [-0.15, -0.1) is 0 Å². The minimum absolute atomic E-state index is 0.227. The van der Waals surface area contributed by atoms with Crippen LogP contribution in [0.4, 0.5) is 0 Å². The highest BCUT2D eigenvalue weighted by atomic mass is 16.1. The zero-order valence-corrected chi connectivity index (χ0v) is 16.3. The Balaban J connectivity index is 1.76. The molecule has 3 aromatic heterocycles. The van der Waals surface area contributed by atoms with Crippen LogP contribution in [0.5, 0.6) is 0 Å². The van der Waals surface area contributed by atoms with E-state index in [0.29, 0.717) is 29.9 Å². The van der Waals surface area contributed by atoms with E-state index >= 15 is 0 Å². The standard InChI is InChI=1S/C20H22N8O/c1-3-21-12-20(8-14(13(2)27-20)17-11-22-4-5-24-17)9-16-18(25-7-6-23-16)15-10-26-28-19(15)29/h4-8,10-11,21H,3,9,12H2,1-2H3,(H2,26,28,29). The molecule has 0 aliphatic carbocycles. The molecule has 4 heterocycles. The molecule has 1 atom stereocenters. The Morgan fingerprint density at radius 2 is 1.97 bits per heavy atom. The van der Waals surface area contributed by atoms with Crippen molar-refractivity contribution in [2.75, 3.05) is 13.1 Å². The average Bonchev–Trinajstić information content (AvgIpc) is 3.31. The molecule has 0 fully saturated rings. The molecule has 29 heavy (non-hydrogen) atoms. The van der Waals surface area contributed by atoms with E-state index in [0.717, 1.165) is 23.5 Å². The highest BCUT2D eigenvalue weighted by Gasteiger charge is 2.35. The van der Waals surface area contributed by atoms with Gasteiger partial charge in [0.2, 0.25) is 0 Å². The van der Waals surface area contributed by atoms with Gasteiger partial charge in [-0.05, 0) is 19.5 Å². The van der Waals surface area contributed by atoms with Crippen LogP contribution in [0, 0.1) is 0 Å². The maximum absolute atomic E-state index is 12.1. The van der Waals surface area contributed by atoms with Crippen LogP contribution in [0.15, 0.2) is 53.0 Å². The third-order valence-corrected chi connectivity index (χ3v) is 4.86. The van der Waals surface area contributed by atoms with E-state index in [9.17, 15) is 4.79 Å². The van der Waals surface area contributed by atoms with Crippen molar-refractivity contribution in [3.63, 3.8) is 0 Å². The molecular formula is C20H22N8O. The minimum Gasteiger partial charge on any atom is -0.314 e. The highest BCUT2D eigenvalue weighted by molar-refractivity contribution is 6.24. The van der Waals surface area contributed by atoms with Gasteiger partial charge in [0.05, 0.1) is 34.4 Å². The first-order valence-electron chi connectivity index (χ1n) is 9.45. The summed E-state index contributed by atoms with van der Waals surface area (Å²) in [6, 6.07) is 0. The van der Waals surface area contributed by atoms with Gasteiger partial charge in [-0.25, -0.2) is 0 Å². The number of allylic oxidation sites excluding steroid dienone is 1. The SMILES string of the molecule is CCNCC1(Cc2nccnc2-c2c[nH][nH]c2=O)C=C(c2cnccn2)C(C)=N1. The molecule has 4 rings (SSSR count). The fourth-order valence-electron chi connectivity index (χ4n) is 3.58. The summed E-state index contributed by atoms with van der Waals surface area (Å²) in [5.41, 5.74) is 3.59. The first kappa shape index (κ1) is 18.9. The normalized spacial score (nSPS) is 18.6. The number of H-pyrrole nitrogens is 2. The fraction of sp³-hybridized carbons (Fsp3) is 0.300. The lowest BCUT2D eigenvalue weighted by atomic mass is 9.91. The zero-order chi connectivity index (χ0) is 20.3. The van der Waals surface area contributed by atoms with E-state index in [1.165, 1.54) is 0 Å². The van der Waals surface area contributed by atoms with Gasteiger partial charge in [0.1, 0.15) is 0 Å². The van der Waals surface area contributed by atoms with Crippen molar-refractivity contribution in [1.82, 2.24) is 35.5 Å². The smallest absolute Gasteiger partial charge is 0.273 e. The van der Waals surface area contributed by atoms with Crippen LogP contribution in [-0.2, 0) is 6.42 Å². The van der Waals surface area contributed by atoms with Gasteiger partial charge in [-0.2, -0.15) is 0 Å². The summed E-state index contributed by atoms with van der Waals surface area (Å²) in [6.07, 6.45) is 12.5. The number of aliphatic imine (C=N–C) groups is 1. The van der Waals surface area contributed by atoms with Crippen LogP contribution in [0.2, 0.25) is 0 Å². The fourth-order valence-corrected chi connectivity index (χ4v) is 3.58. The molecule has 0 spiro atoms. The number of hydrogen-bond donors (Lipinski definition) is 3. The summed E-state index contributed by atoms with van der Waals surface area (Å²) in [6.45, 7) is 5.47. The summed E-state index contributed by atoms with van der Waals surface area (Å²) in [5.74, 6) is 0. The van der Waals surface area contributed by atoms with Crippen LogP contribution in [-0.4, -0.2) is 54.5 Å². The lowest BCUT2D eigenvalue weighted by Gasteiger charge is -2.25. The topological polar surface area (TPSA) is 125 Å². The highest BCUT2D eigenvalue weighted by Crippen LogP contribution is 2.33. The Labute approximate surface area is 167 Å².